The first-order valence-corrected chi connectivity index (χ1v) is 8.03. The Morgan fingerprint density at radius 2 is 1.81 bits per heavy atom. The van der Waals surface area contributed by atoms with Crippen molar-refractivity contribution in [1.82, 2.24) is 4.90 Å². The van der Waals surface area contributed by atoms with Gasteiger partial charge in [-0.2, -0.15) is 0 Å². The van der Waals surface area contributed by atoms with Crippen molar-refractivity contribution in [1.29, 1.82) is 0 Å². The highest BCUT2D eigenvalue weighted by Gasteiger charge is 2.21. The van der Waals surface area contributed by atoms with E-state index in [2.05, 4.69) is 11.8 Å². The number of para-hydroxylation sites is 2. The van der Waals surface area contributed by atoms with Crippen molar-refractivity contribution in [3.63, 3.8) is 0 Å². The summed E-state index contributed by atoms with van der Waals surface area (Å²) < 4.78 is 11.4. The van der Waals surface area contributed by atoms with Gasteiger partial charge in [0.2, 0.25) is 0 Å². The molecule has 1 fully saturated rings. The zero-order chi connectivity index (χ0) is 15.1. The minimum atomic E-state index is 0.321. The molecule has 0 aromatic heterocycles. The molecular weight excluding hydrogens is 264 g/mol. The quantitative estimate of drug-likeness (QED) is 0.839. The molecule has 2 N–H and O–H groups in total. The van der Waals surface area contributed by atoms with Crippen LogP contribution in [0.4, 0.5) is 0 Å². The van der Waals surface area contributed by atoms with E-state index < -0.39 is 0 Å². The molecule has 1 atom stereocenters. The summed E-state index contributed by atoms with van der Waals surface area (Å²) in [6.07, 6.45) is 2.40. The van der Waals surface area contributed by atoms with E-state index in [1.807, 2.05) is 31.2 Å². The molecule has 1 aromatic carbocycles. The van der Waals surface area contributed by atoms with Gasteiger partial charge in [-0.1, -0.05) is 12.1 Å². The van der Waals surface area contributed by atoms with Gasteiger partial charge in [-0.15, -0.1) is 0 Å². The Hall–Kier alpha value is -1.26. The molecule has 1 heterocycles. The van der Waals surface area contributed by atoms with Crippen LogP contribution in [0.3, 0.4) is 0 Å². The molecule has 1 unspecified atom stereocenters. The van der Waals surface area contributed by atoms with Gasteiger partial charge < -0.3 is 15.2 Å². The third-order valence-corrected chi connectivity index (χ3v) is 4.19. The molecule has 0 amide bonds. The van der Waals surface area contributed by atoms with E-state index in [0.29, 0.717) is 25.2 Å². The topological polar surface area (TPSA) is 47.7 Å². The van der Waals surface area contributed by atoms with Crippen LogP contribution >= 0.6 is 0 Å². The van der Waals surface area contributed by atoms with Gasteiger partial charge in [0.25, 0.3) is 0 Å². The monoisotopic (exact) mass is 292 g/mol. The lowest BCUT2D eigenvalue weighted by molar-refractivity contribution is 0.145. The maximum absolute atomic E-state index is 5.98. The highest BCUT2D eigenvalue weighted by atomic mass is 16.5. The molecule has 21 heavy (non-hydrogen) atoms. The molecule has 1 aliphatic heterocycles. The Balaban J connectivity index is 1.73. The maximum Gasteiger partial charge on any atom is 0.161 e. The Bertz CT molecular complexity index is 415. The Kier molecular flexibility index (Phi) is 6.33. The van der Waals surface area contributed by atoms with Gasteiger partial charge in [0.05, 0.1) is 6.61 Å². The predicted molar refractivity (Wildman–Crippen MR) is 85.9 cm³/mol. The lowest BCUT2D eigenvalue weighted by Crippen LogP contribution is -2.41. The van der Waals surface area contributed by atoms with Gasteiger partial charge in [-0.25, -0.2) is 0 Å². The fraction of sp³-hybridized carbons (Fsp3) is 0.647. The van der Waals surface area contributed by atoms with Crippen LogP contribution in [0.25, 0.3) is 0 Å². The van der Waals surface area contributed by atoms with Gasteiger partial charge >= 0.3 is 0 Å². The average Bonchev–Trinajstić information content (AvgIpc) is 2.50. The summed E-state index contributed by atoms with van der Waals surface area (Å²) in [4.78, 5) is 2.46. The minimum Gasteiger partial charge on any atom is -0.490 e. The van der Waals surface area contributed by atoms with Crippen molar-refractivity contribution >= 4 is 0 Å². The van der Waals surface area contributed by atoms with Crippen LogP contribution in [0.5, 0.6) is 11.5 Å². The van der Waals surface area contributed by atoms with E-state index in [-0.39, 0.29) is 0 Å². The van der Waals surface area contributed by atoms with Gasteiger partial charge in [-0.3, -0.25) is 4.90 Å². The van der Waals surface area contributed by atoms with Crippen molar-refractivity contribution in [2.45, 2.75) is 32.7 Å². The maximum atomic E-state index is 5.98. The Morgan fingerprint density at radius 1 is 1.19 bits per heavy atom. The van der Waals surface area contributed by atoms with Crippen LogP contribution in [0.15, 0.2) is 24.3 Å². The molecule has 4 heteroatoms. The fourth-order valence-electron chi connectivity index (χ4n) is 2.83. The molecule has 1 saturated heterocycles. The summed E-state index contributed by atoms with van der Waals surface area (Å²) in [5.41, 5.74) is 5.98. The highest BCUT2D eigenvalue weighted by molar-refractivity contribution is 5.39. The fourth-order valence-corrected chi connectivity index (χ4v) is 2.83. The lowest BCUT2D eigenvalue weighted by Gasteiger charge is -2.33. The van der Waals surface area contributed by atoms with Crippen molar-refractivity contribution in [2.75, 3.05) is 32.8 Å². The minimum absolute atomic E-state index is 0.321. The smallest absolute Gasteiger partial charge is 0.161 e. The SMILES string of the molecule is CCOc1ccccc1OCCN1CCC(C(C)N)CC1. The van der Waals surface area contributed by atoms with Crippen LogP contribution in [-0.4, -0.2) is 43.8 Å². The number of piperidine rings is 1. The Labute approximate surface area is 128 Å². The number of rotatable bonds is 7. The molecule has 1 aromatic rings. The molecule has 0 radical (unpaired) electrons. The lowest BCUT2D eigenvalue weighted by atomic mass is 9.91. The van der Waals surface area contributed by atoms with Gasteiger partial charge in [0.1, 0.15) is 6.61 Å². The van der Waals surface area contributed by atoms with Gasteiger partial charge in [-0.05, 0) is 57.8 Å². The van der Waals surface area contributed by atoms with Gasteiger partial charge in [0, 0.05) is 12.6 Å². The molecule has 118 valence electrons. The summed E-state index contributed by atoms with van der Waals surface area (Å²) >= 11 is 0. The first-order chi connectivity index (χ1) is 10.2. The van der Waals surface area contributed by atoms with Crippen LogP contribution in [0.1, 0.15) is 26.7 Å². The third kappa shape index (κ3) is 4.90. The van der Waals surface area contributed by atoms with E-state index in [4.69, 9.17) is 15.2 Å². The number of benzene rings is 1. The Morgan fingerprint density at radius 3 is 2.38 bits per heavy atom. The predicted octanol–water partition coefficient (Wildman–Crippen LogP) is 2.52. The molecule has 0 saturated carbocycles. The average molecular weight is 292 g/mol. The van der Waals surface area contributed by atoms with E-state index in [1.165, 1.54) is 12.8 Å². The second kappa shape index (κ2) is 8.25. The summed E-state index contributed by atoms with van der Waals surface area (Å²) in [5.74, 6) is 2.35. The number of likely N-dealkylation sites (tertiary alicyclic amines) is 1. The number of nitrogens with zero attached hydrogens (tertiary/aromatic N) is 1. The zero-order valence-corrected chi connectivity index (χ0v) is 13.3. The summed E-state index contributed by atoms with van der Waals surface area (Å²) in [5, 5.41) is 0. The summed E-state index contributed by atoms with van der Waals surface area (Å²) in [6, 6.07) is 8.18. The van der Waals surface area contributed by atoms with Crippen LogP contribution < -0.4 is 15.2 Å². The standard InChI is InChI=1S/C17H28N2O2/c1-3-20-16-6-4-5-7-17(16)21-13-12-19-10-8-15(9-11-19)14(2)18/h4-7,14-15H,3,8-13,18H2,1-2H3. The third-order valence-electron chi connectivity index (χ3n) is 4.19. The normalized spacial score (nSPS) is 18.4. The van der Waals surface area contributed by atoms with E-state index in [0.717, 1.165) is 31.1 Å². The van der Waals surface area contributed by atoms with Crippen molar-refractivity contribution in [2.24, 2.45) is 11.7 Å². The number of ether oxygens (including phenoxy) is 2. The van der Waals surface area contributed by atoms with Crippen LogP contribution in [-0.2, 0) is 0 Å². The van der Waals surface area contributed by atoms with Crippen LogP contribution in [0.2, 0.25) is 0 Å². The molecule has 0 aliphatic carbocycles. The highest BCUT2D eigenvalue weighted by Crippen LogP contribution is 2.26. The molecule has 2 rings (SSSR count). The molecule has 0 bridgehead atoms. The first kappa shape index (κ1) is 16.1. The van der Waals surface area contributed by atoms with Crippen molar-refractivity contribution < 1.29 is 9.47 Å². The number of nitrogens with two attached hydrogens (primary N) is 1. The number of hydrogen-bond acceptors (Lipinski definition) is 4. The van der Waals surface area contributed by atoms with Crippen molar-refractivity contribution in [3.8, 4) is 11.5 Å². The van der Waals surface area contributed by atoms with Crippen molar-refractivity contribution in [3.05, 3.63) is 24.3 Å². The van der Waals surface area contributed by atoms with Crippen LogP contribution in [0, 0.1) is 5.92 Å². The molecule has 0 spiro atoms. The van der Waals surface area contributed by atoms with E-state index in [9.17, 15) is 0 Å². The molecular formula is C17H28N2O2. The molecule has 4 nitrogen and oxygen atoms in total. The van der Waals surface area contributed by atoms with E-state index in [1.54, 1.807) is 0 Å². The molecule has 1 aliphatic rings. The largest absolute Gasteiger partial charge is 0.490 e. The second-order valence-electron chi connectivity index (χ2n) is 5.77. The van der Waals surface area contributed by atoms with Gasteiger partial charge in [0.15, 0.2) is 11.5 Å². The van der Waals surface area contributed by atoms with E-state index >= 15 is 0 Å². The second-order valence-corrected chi connectivity index (χ2v) is 5.77. The summed E-state index contributed by atoms with van der Waals surface area (Å²) in [6.45, 7) is 8.68. The number of hydrogen-bond donors (Lipinski definition) is 1. The zero-order valence-electron chi connectivity index (χ0n) is 13.3. The summed E-state index contributed by atoms with van der Waals surface area (Å²) in [7, 11) is 0. The first-order valence-electron chi connectivity index (χ1n) is 8.03.